The van der Waals surface area contributed by atoms with Crippen molar-refractivity contribution in [3.8, 4) is 5.75 Å². The lowest BCUT2D eigenvalue weighted by Gasteiger charge is -2.36. The third kappa shape index (κ3) is 5.77. The first-order valence-corrected chi connectivity index (χ1v) is 9.26. The molecule has 0 unspecified atom stereocenters. The second-order valence-corrected chi connectivity index (χ2v) is 6.76. The molecule has 2 atom stereocenters. The molecule has 2 aromatic carbocycles. The van der Waals surface area contributed by atoms with Crippen LogP contribution in [-0.4, -0.2) is 54.3 Å². The molecular formula is C21H25FN2O3. The number of aliphatic hydroxyl groups excluding tert-OH is 1. The van der Waals surface area contributed by atoms with Gasteiger partial charge in [0.15, 0.2) is 0 Å². The maximum atomic E-state index is 12.8. The summed E-state index contributed by atoms with van der Waals surface area (Å²) in [7, 11) is 0. The van der Waals surface area contributed by atoms with Gasteiger partial charge < -0.3 is 20.1 Å². The number of likely N-dealkylation sites (tertiary alicyclic amines) is 1. The molecule has 3 rings (SSSR count). The largest absolute Gasteiger partial charge is 0.494 e. The molecule has 1 saturated heterocycles. The van der Waals surface area contributed by atoms with E-state index in [1.165, 1.54) is 12.1 Å². The SMILES string of the molecule is O=C(N[C@H]1CCN(CCCOc2ccc(F)cc2)C[C@H]1O)c1ccccc1. The van der Waals surface area contributed by atoms with Gasteiger partial charge in [-0.3, -0.25) is 4.79 Å². The second kappa shape index (κ2) is 9.48. The van der Waals surface area contributed by atoms with Crippen molar-refractivity contribution < 1.29 is 19.0 Å². The Morgan fingerprint density at radius 1 is 1.19 bits per heavy atom. The van der Waals surface area contributed by atoms with Gasteiger partial charge in [-0.1, -0.05) is 18.2 Å². The van der Waals surface area contributed by atoms with Crippen molar-refractivity contribution in [1.82, 2.24) is 10.2 Å². The van der Waals surface area contributed by atoms with E-state index < -0.39 is 6.10 Å². The van der Waals surface area contributed by atoms with E-state index in [1.54, 1.807) is 24.3 Å². The van der Waals surface area contributed by atoms with Crippen LogP contribution in [0.1, 0.15) is 23.2 Å². The summed E-state index contributed by atoms with van der Waals surface area (Å²) >= 11 is 0. The van der Waals surface area contributed by atoms with Crippen molar-refractivity contribution in [1.29, 1.82) is 0 Å². The standard InChI is InChI=1S/C21H25FN2O3/c22-17-7-9-18(10-8-17)27-14-4-12-24-13-11-19(20(25)15-24)23-21(26)16-5-2-1-3-6-16/h1-3,5-10,19-20,25H,4,11-15H2,(H,23,26)/t19-,20+/m0/s1. The maximum absolute atomic E-state index is 12.8. The van der Waals surface area contributed by atoms with E-state index in [4.69, 9.17) is 4.74 Å². The maximum Gasteiger partial charge on any atom is 0.251 e. The van der Waals surface area contributed by atoms with Gasteiger partial charge in [0, 0.05) is 25.2 Å². The second-order valence-electron chi connectivity index (χ2n) is 6.76. The predicted molar refractivity (Wildman–Crippen MR) is 101 cm³/mol. The van der Waals surface area contributed by atoms with E-state index in [0.29, 0.717) is 30.9 Å². The molecule has 0 bridgehead atoms. The lowest BCUT2D eigenvalue weighted by atomic mass is 10.0. The molecular weight excluding hydrogens is 347 g/mol. The molecule has 1 aliphatic heterocycles. The van der Waals surface area contributed by atoms with E-state index in [1.807, 2.05) is 18.2 Å². The van der Waals surface area contributed by atoms with Crippen molar-refractivity contribution in [3.63, 3.8) is 0 Å². The molecule has 5 nitrogen and oxygen atoms in total. The number of nitrogens with zero attached hydrogens (tertiary/aromatic N) is 1. The Balaban J connectivity index is 1.37. The number of nitrogens with one attached hydrogen (secondary N) is 1. The van der Waals surface area contributed by atoms with Crippen LogP contribution < -0.4 is 10.1 Å². The number of hydrogen-bond acceptors (Lipinski definition) is 4. The molecule has 2 aromatic rings. The van der Waals surface area contributed by atoms with Crippen molar-refractivity contribution in [3.05, 3.63) is 66.0 Å². The fraction of sp³-hybridized carbons (Fsp3) is 0.381. The summed E-state index contributed by atoms with van der Waals surface area (Å²) < 4.78 is 18.4. The fourth-order valence-corrected chi connectivity index (χ4v) is 3.22. The Morgan fingerprint density at radius 2 is 1.93 bits per heavy atom. The van der Waals surface area contributed by atoms with Gasteiger partial charge >= 0.3 is 0 Å². The lowest BCUT2D eigenvalue weighted by Crippen LogP contribution is -2.54. The zero-order valence-corrected chi connectivity index (χ0v) is 15.2. The Labute approximate surface area is 158 Å². The van der Waals surface area contributed by atoms with Gasteiger partial charge in [-0.2, -0.15) is 0 Å². The Bertz CT molecular complexity index is 724. The number of amides is 1. The van der Waals surface area contributed by atoms with Crippen LogP contribution in [0.4, 0.5) is 4.39 Å². The number of hydrogen-bond donors (Lipinski definition) is 2. The summed E-state index contributed by atoms with van der Waals surface area (Å²) in [6.45, 7) is 2.67. The van der Waals surface area contributed by atoms with Gasteiger partial charge in [-0.05, 0) is 49.2 Å². The van der Waals surface area contributed by atoms with Crippen LogP contribution in [0.2, 0.25) is 0 Å². The number of carbonyl (C=O) groups excluding carboxylic acids is 1. The molecule has 144 valence electrons. The smallest absolute Gasteiger partial charge is 0.251 e. The molecule has 6 heteroatoms. The van der Waals surface area contributed by atoms with E-state index in [0.717, 1.165) is 19.5 Å². The number of aliphatic hydroxyl groups is 1. The Hall–Kier alpha value is -2.44. The number of β-amino-alcohol motifs (C(OH)–C–C–N with tert-alkyl or cyclic N) is 1. The van der Waals surface area contributed by atoms with Crippen LogP contribution in [0.5, 0.6) is 5.75 Å². The normalized spacial score (nSPS) is 20.2. The zero-order chi connectivity index (χ0) is 19.1. The summed E-state index contributed by atoms with van der Waals surface area (Å²) in [5.74, 6) is 0.220. The van der Waals surface area contributed by atoms with Gasteiger partial charge in [0.05, 0.1) is 18.8 Å². The monoisotopic (exact) mass is 372 g/mol. The van der Waals surface area contributed by atoms with Crippen LogP contribution in [-0.2, 0) is 0 Å². The van der Waals surface area contributed by atoms with E-state index >= 15 is 0 Å². The Kier molecular flexibility index (Phi) is 6.79. The van der Waals surface area contributed by atoms with E-state index in [2.05, 4.69) is 10.2 Å². The van der Waals surface area contributed by atoms with E-state index in [-0.39, 0.29) is 17.8 Å². The van der Waals surface area contributed by atoms with Crippen molar-refractivity contribution >= 4 is 5.91 Å². The highest BCUT2D eigenvalue weighted by molar-refractivity contribution is 5.94. The average Bonchev–Trinajstić information content (AvgIpc) is 2.69. The number of ether oxygens (including phenoxy) is 1. The van der Waals surface area contributed by atoms with Crippen molar-refractivity contribution in [2.75, 3.05) is 26.2 Å². The van der Waals surface area contributed by atoms with Gasteiger partial charge in [-0.25, -0.2) is 4.39 Å². The number of rotatable bonds is 7. The van der Waals surface area contributed by atoms with Crippen LogP contribution in [0.15, 0.2) is 54.6 Å². The van der Waals surface area contributed by atoms with Gasteiger partial charge in [0.2, 0.25) is 0 Å². The van der Waals surface area contributed by atoms with Crippen LogP contribution >= 0.6 is 0 Å². The van der Waals surface area contributed by atoms with Gasteiger partial charge in [-0.15, -0.1) is 0 Å². The molecule has 1 fully saturated rings. The minimum atomic E-state index is -0.593. The topological polar surface area (TPSA) is 61.8 Å². The number of carbonyl (C=O) groups is 1. The molecule has 0 saturated carbocycles. The highest BCUT2D eigenvalue weighted by atomic mass is 19.1. The summed E-state index contributed by atoms with van der Waals surface area (Å²) in [6, 6.07) is 14.8. The molecule has 1 aliphatic rings. The zero-order valence-electron chi connectivity index (χ0n) is 15.2. The molecule has 1 heterocycles. The average molecular weight is 372 g/mol. The molecule has 0 aromatic heterocycles. The number of benzene rings is 2. The third-order valence-corrected chi connectivity index (χ3v) is 4.72. The predicted octanol–water partition coefficient (Wildman–Crippen LogP) is 2.46. The molecule has 2 N–H and O–H groups in total. The summed E-state index contributed by atoms with van der Waals surface area (Å²) in [4.78, 5) is 14.4. The first-order valence-electron chi connectivity index (χ1n) is 9.26. The molecule has 0 spiro atoms. The summed E-state index contributed by atoms with van der Waals surface area (Å²) in [5, 5.41) is 13.3. The molecule has 27 heavy (non-hydrogen) atoms. The minimum absolute atomic E-state index is 0.152. The van der Waals surface area contributed by atoms with Crippen molar-refractivity contribution in [2.45, 2.75) is 25.0 Å². The first kappa shape index (κ1) is 19.3. The first-order chi connectivity index (χ1) is 13.1. The van der Waals surface area contributed by atoms with E-state index in [9.17, 15) is 14.3 Å². The molecule has 0 aliphatic carbocycles. The van der Waals surface area contributed by atoms with Crippen molar-refractivity contribution in [2.24, 2.45) is 0 Å². The van der Waals surface area contributed by atoms with Crippen LogP contribution in [0.25, 0.3) is 0 Å². The third-order valence-electron chi connectivity index (χ3n) is 4.72. The quantitative estimate of drug-likeness (QED) is 0.733. The molecule has 1 amide bonds. The lowest BCUT2D eigenvalue weighted by molar-refractivity contribution is 0.0363. The summed E-state index contributed by atoms with van der Waals surface area (Å²) in [6.07, 6.45) is 0.924. The highest BCUT2D eigenvalue weighted by Crippen LogP contribution is 2.14. The van der Waals surface area contributed by atoms with Gasteiger partial charge in [0.25, 0.3) is 5.91 Å². The van der Waals surface area contributed by atoms with Crippen LogP contribution in [0.3, 0.4) is 0 Å². The highest BCUT2D eigenvalue weighted by Gasteiger charge is 2.28. The Morgan fingerprint density at radius 3 is 2.63 bits per heavy atom. The number of piperidine rings is 1. The molecule has 0 radical (unpaired) electrons. The fourth-order valence-electron chi connectivity index (χ4n) is 3.22. The summed E-state index contributed by atoms with van der Waals surface area (Å²) in [5.41, 5.74) is 0.602. The minimum Gasteiger partial charge on any atom is -0.494 e. The van der Waals surface area contributed by atoms with Crippen LogP contribution in [0, 0.1) is 5.82 Å². The van der Waals surface area contributed by atoms with Gasteiger partial charge in [0.1, 0.15) is 11.6 Å². The number of halogens is 1.